The van der Waals surface area contributed by atoms with Crippen LogP contribution in [0.2, 0.25) is 0 Å². The predicted octanol–water partition coefficient (Wildman–Crippen LogP) is 2.99. The van der Waals surface area contributed by atoms with Crippen molar-refractivity contribution in [2.24, 2.45) is 0 Å². The van der Waals surface area contributed by atoms with Gasteiger partial charge in [-0.3, -0.25) is 4.98 Å². The molecule has 0 spiro atoms. The van der Waals surface area contributed by atoms with Crippen molar-refractivity contribution < 1.29 is 9.26 Å². The molecule has 0 radical (unpaired) electrons. The minimum absolute atomic E-state index is 0.226. The third kappa shape index (κ3) is 2.08. The van der Waals surface area contributed by atoms with Gasteiger partial charge >= 0.3 is 0 Å². The van der Waals surface area contributed by atoms with Gasteiger partial charge in [0.05, 0.1) is 0 Å². The highest BCUT2D eigenvalue weighted by molar-refractivity contribution is 5.92. The van der Waals surface area contributed by atoms with Gasteiger partial charge in [0.1, 0.15) is 11.8 Å². The van der Waals surface area contributed by atoms with Crippen LogP contribution in [-0.2, 0) is 4.74 Å². The fraction of sp³-hybridized carbons (Fsp3) is 0.214. The molecule has 0 aliphatic heterocycles. The Bertz CT molecular complexity index is 703. The minimum Gasteiger partial charge on any atom is -0.372 e. The molecule has 0 unspecified atom stereocenters. The maximum atomic E-state index is 5.19. The van der Waals surface area contributed by atoms with Gasteiger partial charge in [-0.1, -0.05) is 29.4 Å². The minimum atomic E-state index is -0.226. The largest absolute Gasteiger partial charge is 0.372 e. The van der Waals surface area contributed by atoms with Crippen LogP contribution in [0.5, 0.6) is 0 Å². The molecule has 2 aromatic heterocycles. The number of ether oxygens (including phenoxy) is 1. The van der Waals surface area contributed by atoms with Crippen molar-refractivity contribution in [2.45, 2.75) is 13.0 Å². The molecule has 0 aliphatic carbocycles. The van der Waals surface area contributed by atoms with Crippen molar-refractivity contribution in [3.05, 3.63) is 42.4 Å². The number of rotatable bonds is 3. The first kappa shape index (κ1) is 11.8. The first-order valence-electron chi connectivity index (χ1n) is 6.00. The van der Waals surface area contributed by atoms with Crippen LogP contribution >= 0.6 is 0 Å². The van der Waals surface area contributed by atoms with E-state index in [1.165, 1.54) is 0 Å². The standard InChI is InChI=1S/C14H13N3O2/c1-9(18-2)14-16-13(17-19-14)12-11-6-4-3-5-10(11)7-8-15-12/h3-9H,1-2H3/t9-/m0/s1. The Morgan fingerprint density at radius 1 is 1.21 bits per heavy atom. The SMILES string of the molecule is CO[C@@H](C)c1nc(-c2nccc3ccccc23)no1. The van der Waals surface area contributed by atoms with Gasteiger partial charge in [0, 0.05) is 18.7 Å². The van der Waals surface area contributed by atoms with E-state index in [1.54, 1.807) is 13.3 Å². The molecule has 19 heavy (non-hydrogen) atoms. The number of benzene rings is 1. The zero-order valence-corrected chi connectivity index (χ0v) is 10.7. The normalized spacial score (nSPS) is 12.7. The van der Waals surface area contributed by atoms with Gasteiger partial charge in [-0.05, 0) is 18.4 Å². The molecule has 5 heteroatoms. The van der Waals surface area contributed by atoms with Crippen LogP contribution in [0.4, 0.5) is 0 Å². The van der Waals surface area contributed by atoms with Gasteiger partial charge in [0.25, 0.3) is 5.89 Å². The first-order chi connectivity index (χ1) is 9.29. The van der Waals surface area contributed by atoms with E-state index in [-0.39, 0.29) is 6.10 Å². The smallest absolute Gasteiger partial charge is 0.255 e. The molecule has 5 nitrogen and oxygen atoms in total. The highest BCUT2D eigenvalue weighted by Gasteiger charge is 2.16. The molecule has 1 aromatic carbocycles. The van der Waals surface area contributed by atoms with Crippen molar-refractivity contribution >= 4 is 10.8 Å². The van der Waals surface area contributed by atoms with E-state index in [4.69, 9.17) is 9.26 Å². The lowest BCUT2D eigenvalue weighted by atomic mass is 10.1. The third-order valence-corrected chi connectivity index (χ3v) is 3.03. The second-order valence-corrected chi connectivity index (χ2v) is 4.21. The van der Waals surface area contributed by atoms with Gasteiger partial charge in [-0.25, -0.2) is 0 Å². The zero-order chi connectivity index (χ0) is 13.2. The number of aromatic nitrogens is 3. The predicted molar refractivity (Wildman–Crippen MR) is 70.5 cm³/mol. The summed E-state index contributed by atoms with van der Waals surface area (Å²) in [7, 11) is 1.60. The Kier molecular flexibility index (Phi) is 2.97. The van der Waals surface area contributed by atoms with Crippen molar-refractivity contribution in [1.29, 1.82) is 0 Å². The van der Waals surface area contributed by atoms with Gasteiger partial charge in [-0.2, -0.15) is 4.98 Å². The summed E-state index contributed by atoms with van der Waals surface area (Å²) in [6.07, 6.45) is 1.52. The summed E-state index contributed by atoms with van der Waals surface area (Å²) in [6.45, 7) is 1.85. The summed E-state index contributed by atoms with van der Waals surface area (Å²) in [5.41, 5.74) is 0.719. The molecule has 3 aromatic rings. The Labute approximate surface area is 110 Å². The van der Waals surface area contributed by atoms with Gasteiger partial charge in [0.2, 0.25) is 5.82 Å². The highest BCUT2D eigenvalue weighted by Crippen LogP contribution is 2.25. The molecule has 3 rings (SSSR count). The Hall–Kier alpha value is -2.27. The molecule has 2 heterocycles. The van der Waals surface area contributed by atoms with Crippen LogP contribution in [0.15, 0.2) is 41.1 Å². The van der Waals surface area contributed by atoms with E-state index < -0.39 is 0 Å². The Morgan fingerprint density at radius 2 is 2.05 bits per heavy atom. The second-order valence-electron chi connectivity index (χ2n) is 4.21. The molecule has 0 saturated heterocycles. The molecule has 96 valence electrons. The number of methoxy groups -OCH3 is 1. The van der Waals surface area contributed by atoms with Gasteiger partial charge in [0.15, 0.2) is 0 Å². The van der Waals surface area contributed by atoms with E-state index in [9.17, 15) is 0 Å². The Morgan fingerprint density at radius 3 is 2.89 bits per heavy atom. The highest BCUT2D eigenvalue weighted by atomic mass is 16.5. The molecular weight excluding hydrogens is 242 g/mol. The molecular formula is C14H13N3O2. The van der Waals surface area contributed by atoms with Crippen LogP contribution in [0.25, 0.3) is 22.3 Å². The fourth-order valence-corrected chi connectivity index (χ4v) is 1.90. The second kappa shape index (κ2) is 4.78. The van der Waals surface area contributed by atoms with Crippen LogP contribution in [0.1, 0.15) is 18.9 Å². The summed E-state index contributed by atoms with van der Waals surface area (Å²) >= 11 is 0. The number of hydrogen-bond acceptors (Lipinski definition) is 5. The summed E-state index contributed by atoms with van der Waals surface area (Å²) in [5, 5.41) is 6.08. The van der Waals surface area contributed by atoms with E-state index in [0.717, 1.165) is 16.5 Å². The molecule has 0 aliphatic rings. The number of pyridine rings is 1. The van der Waals surface area contributed by atoms with Crippen LogP contribution in [0, 0.1) is 0 Å². The van der Waals surface area contributed by atoms with E-state index in [1.807, 2.05) is 37.3 Å². The Balaban J connectivity index is 2.12. The topological polar surface area (TPSA) is 61.0 Å². The van der Waals surface area contributed by atoms with Gasteiger partial charge in [-0.15, -0.1) is 0 Å². The molecule has 0 bridgehead atoms. The number of fused-ring (bicyclic) bond motifs is 1. The fourth-order valence-electron chi connectivity index (χ4n) is 1.90. The first-order valence-corrected chi connectivity index (χ1v) is 6.00. The van der Waals surface area contributed by atoms with E-state index in [0.29, 0.717) is 11.7 Å². The van der Waals surface area contributed by atoms with Crippen LogP contribution in [0.3, 0.4) is 0 Å². The van der Waals surface area contributed by atoms with Crippen molar-refractivity contribution in [2.75, 3.05) is 7.11 Å². The zero-order valence-electron chi connectivity index (χ0n) is 10.7. The maximum absolute atomic E-state index is 5.19. The van der Waals surface area contributed by atoms with Crippen molar-refractivity contribution in [3.63, 3.8) is 0 Å². The average Bonchev–Trinajstić information content (AvgIpc) is 2.95. The quantitative estimate of drug-likeness (QED) is 0.720. The summed E-state index contributed by atoms with van der Waals surface area (Å²) in [5.74, 6) is 0.933. The molecule has 0 fully saturated rings. The lowest BCUT2D eigenvalue weighted by Gasteiger charge is -2.01. The summed E-state index contributed by atoms with van der Waals surface area (Å²) in [4.78, 5) is 8.69. The van der Waals surface area contributed by atoms with Crippen molar-refractivity contribution in [3.8, 4) is 11.5 Å². The number of nitrogens with zero attached hydrogens (tertiary/aromatic N) is 3. The number of hydrogen-bond donors (Lipinski definition) is 0. The summed E-state index contributed by atoms with van der Waals surface area (Å²) < 4.78 is 10.4. The lowest BCUT2D eigenvalue weighted by Crippen LogP contribution is -1.96. The molecule has 0 amide bonds. The van der Waals surface area contributed by atoms with Crippen LogP contribution in [-0.4, -0.2) is 22.2 Å². The van der Waals surface area contributed by atoms with Crippen LogP contribution < -0.4 is 0 Å². The van der Waals surface area contributed by atoms with Crippen molar-refractivity contribution in [1.82, 2.24) is 15.1 Å². The molecule has 0 saturated carbocycles. The molecule has 1 atom stereocenters. The van der Waals surface area contributed by atoms with E-state index in [2.05, 4.69) is 15.1 Å². The molecule has 0 N–H and O–H groups in total. The monoisotopic (exact) mass is 255 g/mol. The summed E-state index contributed by atoms with van der Waals surface area (Å²) in [6, 6.07) is 9.93. The lowest BCUT2D eigenvalue weighted by molar-refractivity contribution is 0.0886. The average molecular weight is 255 g/mol. The van der Waals surface area contributed by atoms with Gasteiger partial charge < -0.3 is 9.26 Å². The van der Waals surface area contributed by atoms with E-state index >= 15 is 0 Å². The third-order valence-electron chi connectivity index (χ3n) is 3.03. The maximum Gasteiger partial charge on any atom is 0.255 e.